The Labute approximate surface area is 225 Å². The number of rotatable bonds is 8. The first-order valence-corrected chi connectivity index (χ1v) is 14.2. The molecule has 3 rings (SSSR count). The number of hydrogen-bond donors (Lipinski definition) is 1. The van der Waals surface area contributed by atoms with Crippen LogP contribution in [0.2, 0.25) is 10.0 Å². The number of likely N-dealkylation sites (tertiary alicyclic amines) is 1. The van der Waals surface area contributed by atoms with Crippen LogP contribution in [0.1, 0.15) is 46.8 Å². The van der Waals surface area contributed by atoms with Crippen LogP contribution >= 0.6 is 23.2 Å². The number of carbonyl (C=O) groups excluding carboxylic acids is 1. The van der Waals surface area contributed by atoms with Crippen molar-refractivity contribution in [1.82, 2.24) is 15.1 Å². The Hall–Kier alpha value is -1.85. The van der Waals surface area contributed by atoms with E-state index in [0.717, 1.165) is 18.9 Å². The molecule has 204 valence electrons. The van der Waals surface area contributed by atoms with Crippen LogP contribution in [-0.2, 0) is 29.1 Å². The van der Waals surface area contributed by atoms with E-state index in [-0.39, 0.29) is 56.5 Å². The summed E-state index contributed by atoms with van der Waals surface area (Å²) in [4.78, 5) is 16.9. The second kappa shape index (κ2) is 11.9. The second-order valence-corrected chi connectivity index (χ2v) is 12.4. The van der Waals surface area contributed by atoms with Crippen molar-refractivity contribution >= 4 is 38.9 Å². The fraction of sp³-hybridized carbons (Fsp3) is 0.480. The number of halogens is 5. The van der Waals surface area contributed by atoms with E-state index in [2.05, 4.69) is 10.2 Å². The highest BCUT2D eigenvalue weighted by molar-refractivity contribution is 7.91. The number of amides is 1. The van der Waals surface area contributed by atoms with Gasteiger partial charge in [0.05, 0.1) is 16.2 Å². The first kappa shape index (κ1) is 29.7. The van der Waals surface area contributed by atoms with E-state index < -0.39 is 27.5 Å². The summed E-state index contributed by atoms with van der Waals surface area (Å²) >= 11 is 12.3. The van der Waals surface area contributed by atoms with E-state index in [0.29, 0.717) is 13.1 Å². The maximum absolute atomic E-state index is 14.1. The normalized spacial score (nSPS) is 17.3. The van der Waals surface area contributed by atoms with E-state index >= 15 is 0 Å². The molecule has 0 aromatic heterocycles. The van der Waals surface area contributed by atoms with Gasteiger partial charge in [0.25, 0.3) is 5.91 Å². The molecule has 2 aromatic rings. The van der Waals surface area contributed by atoms with Crippen molar-refractivity contribution in [3.63, 3.8) is 0 Å². The first-order chi connectivity index (χ1) is 17.2. The highest BCUT2D eigenvalue weighted by Crippen LogP contribution is 2.37. The lowest BCUT2D eigenvalue weighted by atomic mass is 9.99. The quantitative estimate of drug-likeness (QED) is 0.462. The topological polar surface area (TPSA) is 69.7 Å². The SMILES string of the molecule is CCS(=O)(=O)c1ccc(Cl)cc1CNC(=O)c1cc(Cl)c(CN2CCCC(N(C)C)C2)c(C(F)(F)F)c1. The molecule has 6 nitrogen and oxygen atoms in total. The summed E-state index contributed by atoms with van der Waals surface area (Å²) in [5, 5.41) is 2.62. The molecule has 1 fully saturated rings. The third kappa shape index (κ3) is 7.38. The van der Waals surface area contributed by atoms with Crippen LogP contribution in [0, 0.1) is 0 Å². The Morgan fingerprint density at radius 3 is 2.51 bits per heavy atom. The lowest BCUT2D eigenvalue weighted by Crippen LogP contribution is -2.44. The fourth-order valence-corrected chi connectivity index (χ4v) is 6.01. The number of piperidine rings is 1. The maximum atomic E-state index is 14.1. The minimum absolute atomic E-state index is 0.00150. The van der Waals surface area contributed by atoms with E-state index in [4.69, 9.17) is 23.2 Å². The van der Waals surface area contributed by atoms with Crippen LogP contribution in [0.5, 0.6) is 0 Å². The van der Waals surface area contributed by atoms with Crippen molar-refractivity contribution in [2.24, 2.45) is 0 Å². The number of nitrogens with one attached hydrogen (secondary N) is 1. The van der Waals surface area contributed by atoms with Crippen LogP contribution in [0.4, 0.5) is 13.2 Å². The molecule has 37 heavy (non-hydrogen) atoms. The Balaban J connectivity index is 1.86. The molecule has 1 saturated heterocycles. The molecule has 2 aromatic carbocycles. The van der Waals surface area contributed by atoms with E-state index in [1.807, 2.05) is 19.0 Å². The van der Waals surface area contributed by atoms with Gasteiger partial charge in [0.2, 0.25) is 0 Å². The van der Waals surface area contributed by atoms with Crippen molar-refractivity contribution in [3.05, 3.63) is 62.6 Å². The van der Waals surface area contributed by atoms with Crippen LogP contribution < -0.4 is 5.32 Å². The predicted molar refractivity (Wildman–Crippen MR) is 139 cm³/mol. The van der Waals surface area contributed by atoms with Crippen molar-refractivity contribution < 1.29 is 26.4 Å². The number of alkyl halides is 3. The van der Waals surface area contributed by atoms with Gasteiger partial charge in [0, 0.05) is 41.3 Å². The molecule has 0 saturated carbocycles. The highest BCUT2D eigenvalue weighted by Gasteiger charge is 2.36. The molecule has 1 aliphatic rings. The lowest BCUT2D eigenvalue weighted by molar-refractivity contribution is -0.138. The van der Waals surface area contributed by atoms with E-state index in [1.54, 1.807) is 0 Å². The van der Waals surface area contributed by atoms with Crippen LogP contribution in [0.15, 0.2) is 35.2 Å². The molecular weight excluding hydrogens is 550 g/mol. The number of carbonyl (C=O) groups is 1. The average molecular weight is 581 g/mol. The standard InChI is InChI=1S/C25H30Cl2F3N3O3S/c1-4-37(35,36)23-8-7-18(26)10-17(23)13-31-24(34)16-11-21(25(28,29)30)20(22(27)12-16)15-33-9-5-6-19(14-33)32(2)3/h7-8,10-12,19H,4-6,9,13-15H2,1-3H3,(H,31,34). The number of sulfone groups is 1. The summed E-state index contributed by atoms with van der Waals surface area (Å²) in [6, 6.07) is 6.42. The average Bonchev–Trinajstić information content (AvgIpc) is 2.82. The fourth-order valence-electron chi connectivity index (χ4n) is 4.42. The Morgan fingerprint density at radius 1 is 1.19 bits per heavy atom. The number of likely N-dealkylation sites (N-methyl/N-ethyl adjacent to an activating group) is 1. The highest BCUT2D eigenvalue weighted by atomic mass is 35.5. The predicted octanol–water partition coefficient (Wildman–Crippen LogP) is 5.26. The second-order valence-electron chi connectivity index (χ2n) is 9.31. The summed E-state index contributed by atoms with van der Waals surface area (Å²) < 4.78 is 67.0. The molecule has 1 unspecified atom stereocenters. The molecule has 1 amide bonds. The van der Waals surface area contributed by atoms with Gasteiger partial charge < -0.3 is 10.2 Å². The van der Waals surface area contributed by atoms with Gasteiger partial charge in [-0.2, -0.15) is 13.2 Å². The molecule has 0 radical (unpaired) electrons. The van der Waals surface area contributed by atoms with Crippen LogP contribution in [0.3, 0.4) is 0 Å². The summed E-state index contributed by atoms with van der Waals surface area (Å²) in [7, 11) is 0.281. The zero-order valence-electron chi connectivity index (χ0n) is 20.8. The van der Waals surface area contributed by atoms with Crippen molar-refractivity contribution in [2.45, 2.75) is 50.0 Å². The van der Waals surface area contributed by atoms with Gasteiger partial charge in [-0.25, -0.2) is 8.42 Å². The number of benzene rings is 2. The summed E-state index contributed by atoms with van der Waals surface area (Å²) in [6.07, 6.45) is -2.89. The zero-order valence-corrected chi connectivity index (χ0v) is 23.2. The van der Waals surface area contributed by atoms with Gasteiger partial charge in [0.15, 0.2) is 9.84 Å². The summed E-state index contributed by atoms with van der Waals surface area (Å²) in [5.41, 5.74) is -1.07. The largest absolute Gasteiger partial charge is 0.416 e. The third-order valence-corrected chi connectivity index (χ3v) is 8.93. The lowest BCUT2D eigenvalue weighted by Gasteiger charge is -2.36. The molecule has 1 aliphatic heterocycles. The molecule has 0 aliphatic carbocycles. The Bertz CT molecular complexity index is 1250. The third-order valence-electron chi connectivity index (χ3n) is 6.53. The van der Waals surface area contributed by atoms with Crippen molar-refractivity contribution in [2.75, 3.05) is 32.9 Å². The van der Waals surface area contributed by atoms with Crippen LogP contribution in [0.25, 0.3) is 0 Å². The minimum atomic E-state index is -4.72. The molecule has 12 heteroatoms. The molecule has 1 N–H and O–H groups in total. The summed E-state index contributed by atoms with van der Waals surface area (Å²) in [6.45, 7) is 2.53. The Kier molecular flexibility index (Phi) is 9.56. The van der Waals surface area contributed by atoms with E-state index in [9.17, 15) is 26.4 Å². The smallest absolute Gasteiger partial charge is 0.348 e. The zero-order chi connectivity index (χ0) is 27.5. The minimum Gasteiger partial charge on any atom is -0.348 e. The van der Waals surface area contributed by atoms with Gasteiger partial charge in [-0.1, -0.05) is 30.1 Å². The van der Waals surface area contributed by atoms with E-state index in [1.165, 1.54) is 31.2 Å². The number of nitrogens with zero attached hydrogens (tertiary/aromatic N) is 2. The van der Waals surface area contributed by atoms with Crippen LogP contribution in [-0.4, -0.2) is 63.1 Å². The number of hydrogen-bond acceptors (Lipinski definition) is 5. The van der Waals surface area contributed by atoms with Gasteiger partial charge in [-0.15, -0.1) is 0 Å². The van der Waals surface area contributed by atoms with Gasteiger partial charge >= 0.3 is 6.18 Å². The van der Waals surface area contributed by atoms with Gasteiger partial charge in [-0.3, -0.25) is 9.69 Å². The molecule has 1 atom stereocenters. The maximum Gasteiger partial charge on any atom is 0.416 e. The molecular formula is C25H30Cl2F3N3O3S. The van der Waals surface area contributed by atoms with Crippen molar-refractivity contribution in [3.8, 4) is 0 Å². The monoisotopic (exact) mass is 579 g/mol. The van der Waals surface area contributed by atoms with Gasteiger partial charge in [0.1, 0.15) is 0 Å². The summed E-state index contributed by atoms with van der Waals surface area (Å²) in [5.74, 6) is -0.974. The molecule has 0 spiro atoms. The van der Waals surface area contributed by atoms with Gasteiger partial charge in [-0.05, 0) is 74.9 Å². The molecule has 0 bridgehead atoms. The first-order valence-electron chi connectivity index (χ1n) is 11.8. The van der Waals surface area contributed by atoms with Crippen molar-refractivity contribution in [1.29, 1.82) is 0 Å². The Morgan fingerprint density at radius 2 is 1.89 bits per heavy atom. The molecule has 1 heterocycles.